The van der Waals surface area contributed by atoms with Crippen molar-refractivity contribution in [2.24, 2.45) is 0 Å². The molecule has 3 aromatic heterocycles. The zero-order chi connectivity index (χ0) is 40.7. The van der Waals surface area contributed by atoms with Crippen LogP contribution in [0.3, 0.4) is 0 Å². The fourth-order valence-corrected chi connectivity index (χ4v) is 8.89. The van der Waals surface area contributed by atoms with Gasteiger partial charge >= 0.3 is 5.97 Å². The third-order valence-electron chi connectivity index (χ3n) is 12.7. The number of aryl methyl sites for hydroxylation is 3. The molecule has 8 nitrogen and oxygen atoms in total. The quantitative estimate of drug-likeness (QED) is 0.0561. The van der Waals surface area contributed by atoms with Crippen LogP contribution in [0.2, 0.25) is 0 Å². The summed E-state index contributed by atoms with van der Waals surface area (Å²) in [6.07, 6.45) is 22.8. The Balaban J connectivity index is 1.21. The minimum atomic E-state index is -0.157. The molecule has 0 spiro atoms. The van der Waals surface area contributed by atoms with E-state index in [0.29, 0.717) is 19.4 Å². The average molecular weight is 781 g/mol. The van der Waals surface area contributed by atoms with Crippen LogP contribution in [-0.2, 0) is 22.6 Å². The lowest BCUT2D eigenvalue weighted by Gasteiger charge is -2.15. The predicted molar refractivity (Wildman–Crippen MR) is 236 cm³/mol. The van der Waals surface area contributed by atoms with Gasteiger partial charge in [0.1, 0.15) is 0 Å². The Morgan fingerprint density at radius 1 is 0.649 bits per heavy atom. The first kappa shape index (κ1) is 44.4. The number of fused-ring (bicyclic) bond motifs is 8. The smallest absolute Gasteiger partial charge is 0.305 e. The third-order valence-corrected chi connectivity index (χ3v) is 12.7. The molecule has 0 aliphatic carbocycles. The van der Waals surface area contributed by atoms with Crippen LogP contribution in [0.4, 0.5) is 0 Å². The van der Waals surface area contributed by atoms with Gasteiger partial charge in [0.05, 0.1) is 31.2 Å². The second-order valence-electron chi connectivity index (χ2n) is 16.8. The van der Waals surface area contributed by atoms with Crippen molar-refractivity contribution in [1.82, 2.24) is 19.9 Å². The lowest BCUT2D eigenvalue weighted by molar-refractivity contribution is -0.144. The van der Waals surface area contributed by atoms with E-state index in [0.717, 1.165) is 91.9 Å². The topological polar surface area (TPSA) is 124 Å². The zero-order valence-electron chi connectivity index (χ0n) is 36.1. The summed E-state index contributed by atoms with van der Waals surface area (Å²) in [6.45, 7) is 13.0. The standard InChI is InChI=1S/C49H72N4O4/c1-7-9-10-11-12-13-14-15-16-17-18-19-20-21-22-23-26-57-49(56)25-24-38-34(4)41-27-42-35(5)39(31-54)47(52-42)29-43-33(3)37(8-2)45(50-43)28-44-36(6)40(32-55)48(53-44)30-46(38)51-41/h27-30,34,38,50,53-55H,7-26,31-32H2,1-6H3/t34-,38-/m0/s1. The molecule has 5 heterocycles. The van der Waals surface area contributed by atoms with Crippen LogP contribution in [0.5, 0.6) is 0 Å². The summed E-state index contributed by atoms with van der Waals surface area (Å²) in [5, 5.41) is 21.0. The summed E-state index contributed by atoms with van der Waals surface area (Å²) in [5.41, 5.74) is 13.0. The zero-order valence-corrected chi connectivity index (χ0v) is 36.1. The number of unbranched alkanes of at least 4 members (excludes halogenated alkanes) is 15. The number of nitrogens with one attached hydrogen (secondary N) is 2. The Morgan fingerprint density at radius 2 is 1.21 bits per heavy atom. The largest absolute Gasteiger partial charge is 0.466 e. The predicted octanol–water partition coefficient (Wildman–Crippen LogP) is 12.4. The molecule has 0 saturated heterocycles. The van der Waals surface area contributed by atoms with Gasteiger partial charge in [-0.1, -0.05) is 117 Å². The second-order valence-corrected chi connectivity index (χ2v) is 16.8. The number of aromatic amines is 2. The van der Waals surface area contributed by atoms with Gasteiger partial charge in [-0.05, 0) is 86.6 Å². The number of aromatic nitrogens is 4. The van der Waals surface area contributed by atoms with Gasteiger partial charge in [-0.25, -0.2) is 4.98 Å². The van der Waals surface area contributed by atoms with Crippen molar-refractivity contribution in [3.8, 4) is 0 Å². The second kappa shape index (κ2) is 22.4. The van der Waals surface area contributed by atoms with Crippen molar-refractivity contribution in [2.45, 2.75) is 182 Å². The number of ether oxygens (including phenoxy) is 1. The number of rotatable bonds is 23. The molecular formula is C49H72N4O4. The highest BCUT2D eigenvalue weighted by Crippen LogP contribution is 2.41. The molecule has 0 unspecified atom stereocenters. The number of aliphatic hydroxyl groups excluding tert-OH is 2. The van der Waals surface area contributed by atoms with Crippen molar-refractivity contribution < 1.29 is 19.7 Å². The van der Waals surface area contributed by atoms with Crippen LogP contribution in [0.1, 0.15) is 200 Å². The van der Waals surface area contributed by atoms with Crippen LogP contribution in [0, 0.1) is 13.8 Å². The lowest BCUT2D eigenvalue weighted by Crippen LogP contribution is -2.10. The summed E-state index contributed by atoms with van der Waals surface area (Å²) >= 11 is 0. The summed E-state index contributed by atoms with van der Waals surface area (Å²) < 4.78 is 5.73. The monoisotopic (exact) mass is 781 g/mol. The number of esters is 1. The molecule has 3 aromatic rings. The number of H-pyrrole nitrogens is 2. The van der Waals surface area contributed by atoms with Crippen molar-refractivity contribution >= 4 is 39.2 Å². The molecule has 0 aromatic carbocycles. The molecule has 0 radical (unpaired) electrons. The van der Waals surface area contributed by atoms with E-state index < -0.39 is 0 Å². The maximum Gasteiger partial charge on any atom is 0.305 e. The fourth-order valence-electron chi connectivity index (χ4n) is 8.89. The highest BCUT2D eigenvalue weighted by molar-refractivity contribution is 5.92. The minimum absolute atomic E-state index is 0.0175. The molecule has 2 aliphatic rings. The third kappa shape index (κ3) is 11.7. The normalized spacial score (nSPS) is 15.5. The maximum absolute atomic E-state index is 13.0. The van der Waals surface area contributed by atoms with E-state index in [1.165, 1.54) is 95.5 Å². The molecule has 8 bridgehead atoms. The van der Waals surface area contributed by atoms with Crippen molar-refractivity contribution in [3.05, 3.63) is 69.3 Å². The molecule has 0 saturated carbocycles. The molecular weight excluding hydrogens is 709 g/mol. The van der Waals surface area contributed by atoms with Crippen LogP contribution in [0.25, 0.3) is 33.2 Å². The summed E-state index contributed by atoms with van der Waals surface area (Å²) in [5.74, 6) is -0.146. The number of carbonyl (C=O) groups is 1. The van der Waals surface area contributed by atoms with Crippen LogP contribution in [-0.4, -0.2) is 49.3 Å². The Bertz CT molecular complexity index is 1970. The first-order chi connectivity index (χ1) is 27.7. The van der Waals surface area contributed by atoms with E-state index in [-0.39, 0.29) is 31.0 Å². The Hall–Kier alpha value is -3.75. The number of hydrogen-bond donors (Lipinski definition) is 4. The van der Waals surface area contributed by atoms with E-state index in [2.05, 4.69) is 49.8 Å². The van der Waals surface area contributed by atoms with Gasteiger partial charge < -0.3 is 24.9 Å². The molecule has 4 N–H and O–H groups in total. The Kier molecular flexibility index (Phi) is 17.4. The van der Waals surface area contributed by atoms with Gasteiger partial charge in [0.15, 0.2) is 0 Å². The summed E-state index contributed by atoms with van der Waals surface area (Å²) in [4.78, 5) is 30.5. The molecule has 2 aliphatic heterocycles. The van der Waals surface area contributed by atoms with E-state index in [1.807, 2.05) is 26.0 Å². The van der Waals surface area contributed by atoms with Gasteiger partial charge in [0.25, 0.3) is 0 Å². The first-order valence-corrected chi connectivity index (χ1v) is 22.5. The van der Waals surface area contributed by atoms with Crippen molar-refractivity contribution in [3.63, 3.8) is 0 Å². The van der Waals surface area contributed by atoms with Crippen LogP contribution >= 0.6 is 0 Å². The van der Waals surface area contributed by atoms with E-state index in [1.54, 1.807) is 0 Å². The minimum Gasteiger partial charge on any atom is -0.466 e. The first-order valence-electron chi connectivity index (χ1n) is 22.5. The molecule has 0 fully saturated rings. The van der Waals surface area contributed by atoms with Gasteiger partial charge in [0.2, 0.25) is 0 Å². The summed E-state index contributed by atoms with van der Waals surface area (Å²) in [6, 6.07) is 8.27. The van der Waals surface area contributed by atoms with E-state index in [9.17, 15) is 15.0 Å². The number of aliphatic hydroxyl groups is 2. The van der Waals surface area contributed by atoms with Crippen molar-refractivity contribution in [1.29, 1.82) is 0 Å². The highest BCUT2D eigenvalue weighted by atomic mass is 16.5. The SMILES string of the molecule is CCCCCCCCCCCCCCCCCCOC(=O)CC[C@@H]1c2cc3[nH]c(cc4[nH]c(cc5nc(cc(n2)[C@H]1C)C(C)=C5CO)c(C)c4CC)c(C)c3CO. The molecule has 57 heavy (non-hydrogen) atoms. The van der Waals surface area contributed by atoms with Crippen LogP contribution in [0.15, 0.2) is 24.3 Å². The molecule has 0 amide bonds. The highest BCUT2D eigenvalue weighted by Gasteiger charge is 2.30. The Labute approximate surface area is 342 Å². The van der Waals surface area contributed by atoms with Gasteiger partial charge in [-0.3, -0.25) is 9.78 Å². The van der Waals surface area contributed by atoms with E-state index >= 15 is 0 Å². The summed E-state index contributed by atoms with van der Waals surface area (Å²) in [7, 11) is 0. The Morgan fingerprint density at radius 3 is 1.79 bits per heavy atom. The number of hydrogen-bond acceptors (Lipinski definition) is 6. The van der Waals surface area contributed by atoms with Crippen LogP contribution < -0.4 is 0 Å². The van der Waals surface area contributed by atoms with Gasteiger partial charge in [-0.2, -0.15) is 0 Å². The average Bonchev–Trinajstić information content (AvgIpc) is 3.87. The fraction of sp³-hybridized carbons (Fsp3) is 0.612. The number of allylic oxidation sites excluding steroid dienone is 1. The van der Waals surface area contributed by atoms with Gasteiger partial charge in [-0.15, -0.1) is 0 Å². The van der Waals surface area contributed by atoms with E-state index in [4.69, 9.17) is 14.7 Å². The molecule has 312 valence electrons. The maximum atomic E-state index is 13.0. The number of carbonyl (C=O) groups excluding carboxylic acids is 1. The molecule has 2 atom stereocenters. The molecule has 5 rings (SSSR count). The lowest BCUT2D eigenvalue weighted by atomic mass is 9.87. The van der Waals surface area contributed by atoms with Crippen molar-refractivity contribution in [2.75, 3.05) is 13.2 Å². The van der Waals surface area contributed by atoms with Gasteiger partial charge in [0, 0.05) is 62.8 Å². The number of nitrogens with zero attached hydrogens (tertiary/aromatic N) is 2. The molecule has 8 heteroatoms.